The number of rotatable bonds is 2. The molecule has 3 nitrogen and oxygen atoms in total. The van der Waals surface area contributed by atoms with Gasteiger partial charge < -0.3 is 10.1 Å². The van der Waals surface area contributed by atoms with Gasteiger partial charge in [0, 0.05) is 27.1 Å². The molecule has 2 rings (SSSR count). The molecule has 0 amide bonds. The zero-order valence-corrected chi connectivity index (χ0v) is 8.84. The van der Waals surface area contributed by atoms with Crippen LogP contribution in [0.4, 0.5) is 0 Å². The summed E-state index contributed by atoms with van der Waals surface area (Å²) in [6.07, 6.45) is 1.62. The molecular formula is C10H8BrNO2. The van der Waals surface area contributed by atoms with E-state index in [9.17, 15) is 4.79 Å². The third kappa shape index (κ3) is 1.47. The molecule has 14 heavy (non-hydrogen) atoms. The number of aromatic nitrogens is 1. The van der Waals surface area contributed by atoms with E-state index in [4.69, 9.17) is 5.11 Å². The number of aliphatic hydroxyl groups is 1. The summed E-state index contributed by atoms with van der Waals surface area (Å²) in [5, 5.41) is 9.59. The van der Waals surface area contributed by atoms with E-state index in [0.717, 1.165) is 15.4 Å². The number of hydrogen-bond acceptors (Lipinski definition) is 2. The van der Waals surface area contributed by atoms with Gasteiger partial charge in [-0.05, 0) is 18.2 Å². The lowest BCUT2D eigenvalue weighted by Gasteiger charge is -1.95. The van der Waals surface area contributed by atoms with Crippen LogP contribution in [0.5, 0.6) is 0 Å². The lowest BCUT2D eigenvalue weighted by atomic mass is 10.1. The third-order valence-corrected chi connectivity index (χ3v) is 2.58. The highest BCUT2D eigenvalue weighted by Gasteiger charge is 2.10. The average Bonchev–Trinajstić information content (AvgIpc) is 2.59. The molecule has 0 aliphatic rings. The second-order valence-electron chi connectivity index (χ2n) is 2.97. The molecular weight excluding hydrogens is 246 g/mol. The Morgan fingerprint density at radius 1 is 1.50 bits per heavy atom. The van der Waals surface area contributed by atoms with Gasteiger partial charge in [0.1, 0.15) is 6.61 Å². The summed E-state index contributed by atoms with van der Waals surface area (Å²) < 4.78 is 0.914. The highest BCUT2D eigenvalue weighted by atomic mass is 79.9. The van der Waals surface area contributed by atoms with Crippen LogP contribution in [0.2, 0.25) is 0 Å². The van der Waals surface area contributed by atoms with Crippen LogP contribution in [-0.4, -0.2) is 22.5 Å². The Labute approximate surface area is 88.9 Å². The van der Waals surface area contributed by atoms with Crippen molar-refractivity contribution in [2.45, 2.75) is 0 Å². The summed E-state index contributed by atoms with van der Waals surface area (Å²) in [5.41, 5.74) is 1.42. The number of carbonyl (C=O) groups excluding carboxylic acids is 1. The van der Waals surface area contributed by atoms with Gasteiger partial charge in [-0.2, -0.15) is 0 Å². The number of benzene rings is 1. The molecule has 1 heterocycles. The molecule has 1 aromatic carbocycles. The van der Waals surface area contributed by atoms with Crippen LogP contribution in [0.15, 0.2) is 28.9 Å². The molecule has 72 valence electrons. The molecule has 0 aliphatic heterocycles. The molecule has 0 saturated carbocycles. The van der Waals surface area contributed by atoms with E-state index in [1.165, 1.54) is 0 Å². The van der Waals surface area contributed by atoms with Crippen LogP contribution < -0.4 is 0 Å². The number of H-pyrrole nitrogens is 1. The second kappa shape index (κ2) is 3.55. The first kappa shape index (κ1) is 9.43. The van der Waals surface area contributed by atoms with Crippen LogP contribution in [-0.2, 0) is 0 Å². The number of Topliss-reactive ketones (excluding diaryl/α,β-unsaturated/α-hetero) is 1. The quantitative estimate of drug-likeness (QED) is 0.806. The zero-order valence-electron chi connectivity index (χ0n) is 7.25. The lowest BCUT2D eigenvalue weighted by molar-refractivity contribution is 0.0905. The number of fused-ring (bicyclic) bond motifs is 1. The van der Waals surface area contributed by atoms with Crippen molar-refractivity contribution in [3.05, 3.63) is 34.4 Å². The highest BCUT2D eigenvalue weighted by molar-refractivity contribution is 9.10. The predicted molar refractivity (Wildman–Crippen MR) is 57.4 cm³/mol. The van der Waals surface area contributed by atoms with E-state index >= 15 is 0 Å². The van der Waals surface area contributed by atoms with Gasteiger partial charge in [0.15, 0.2) is 5.78 Å². The fraction of sp³-hybridized carbons (Fsp3) is 0.100. The largest absolute Gasteiger partial charge is 0.388 e. The van der Waals surface area contributed by atoms with Gasteiger partial charge in [0.2, 0.25) is 0 Å². The Kier molecular flexibility index (Phi) is 2.39. The Balaban J connectivity index is 2.67. The maximum absolute atomic E-state index is 11.3. The van der Waals surface area contributed by atoms with Gasteiger partial charge >= 0.3 is 0 Å². The summed E-state index contributed by atoms with van der Waals surface area (Å²) in [6.45, 7) is -0.459. The normalized spacial score (nSPS) is 10.7. The fourth-order valence-electron chi connectivity index (χ4n) is 1.41. The zero-order chi connectivity index (χ0) is 10.1. The monoisotopic (exact) mass is 253 g/mol. The first-order chi connectivity index (χ1) is 6.72. The second-order valence-corrected chi connectivity index (χ2v) is 3.89. The number of ketones is 1. The lowest BCUT2D eigenvalue weighted by Crippen LogP contribution is -2.02. The van der Waals surface area contributed by atoms with Crippen molar-refractivity contribution >= 4 is 32.6 Å². The Morgan fingerprint density at radius 2 is 2.29 bits per heavy atom. The van der Waals surface area contributed by atoms with Crippen molar-refractivity contribution in [1.82, 2.24) is 4.98 Å². The van der Waals surface area contributed by atoms with Gasteiger partial charge in [-0.15, -0.1) is 0 Å². The van der Waals surface area contributed by atoms with Crippen molar-refractivity contribution in [3.63, 3.8) is 0 Å². The fourth-order valence-corrected chi connectivity index (χ4v) is 1.77. The van der Waals surface area contributed by atoms with Crippen LogP contribution in [0.25, 0.3) is 10.9 Å². The highest BCUT2D eigenvalue weighted by Crippen LogP contribution is 2.22. The number of carbonyl (C=O) groups is 1. The van der Waals surface area contributed by atoms with Crippen LogP contribution in [0.3, 0.4) is 0 Å². The molecule has 1 aromatic heterocycles. The van der Waals surface area contributed by atoms with E-state index in [2.05, 4.69) is 20.9 Å². The molecule has 0 radical (unpaired) electrons. The van der Waals surface area contributed by atoms with E-state index in [1.54, 1.807) is 6.20 Å². The van der Waals surface area contributed by atoms with Gasteiger partial charge in [-0.25, -0.2) is 0 Å². The maximum Gasteiger partial charge on any atom is 0.190 e. The Morgan fingerprint density at radius 3 is 3.00 bits per heavy atom. The first-order valence-electron chi connectivity index (χ1n) is 4.13. The van der Waals surface area contributed by atoms with Crippen molar-refractivity contribution in [1.29, 1.82) is 0 Å². The minimum absolute atomic E-state index is 0.269. The van der Waals surface area contributed by atoms with E-state index in [-0.39, 0.29) is 5.78 Å². The topological polar surface area (TPSA) is 53.1 Å². The van der Waals surface area contributed by atoms with Crippen LogP contribution in [0.1, 0.15) is 10.4 Å². The van der Waals surface area contributed by atoms with Crippen molar-refractivity contribution in [3.8, 4) is 0 Å². The van der Waals surface area contributed by atoms with Crippen molar-refractivity contribution in [2.75, 3.05) is 6.61 Å². The Hall–Kier alpha value is -1.13. The number of nitrogens with one attached hydrogen (secondary N) is 1. The molecule has 2 aromatic rings. The Bertz CT molecular complexity index is 490. The molecule has 0 aliphatic carbocycles. The summed E-state index contributed by atoms with van der Waals surface area (Å²) in [7, 11) is 0. The predicted octanol–water partition coefficient (Wildman–Crippen LogP) is 2.11. The molecule has 0 saturated heterocycles. The maximum atomic E-state index is 11.3. The molecule has 4 heteroatoms. The van der Waals surface area contributed by atoms with Crippen molar-refractivity contribution < 1.29 is 9.90 Å². The van der Waals surface area contributed by atoms with Crippen molar-refractivity contribution in [2.24, 2.45) is 0 Å². The summed E-state index contributed by atoms with van der Waals surface area (Å²) in [6, 6.07) is 5.63. The van der Waals surface area contributed by atoms with Gasteiger partial charge in [-0.3, -0.25) is 4.79 Å². The van der Waals surface area contributed by atoms with Crippen LogP contribution >= 0.6 is 15.9 Å². The summed E-state index contributed by atoms with van der Waals surface area (Å²) in [4.78, 5) is 14.3. The minimum atomic E-state index is -0.459. The molecule has 0 bridgehead atoms. The third-order valence-electron chi connectivity index (χ3n) is 2.09. The minimum Gasteiger partial charge on any atom is -0.388 e. The number of halogens is 1. The number of aliphatic hydroxyl groups excluding tert-OH is 1. The van der Waals surface area contributed by atoms with Gasteiger partial charge in [0.25, 0.3) is 0 Å². The van der Waals surface area contributed by atoms with Gasteiger partial charge in [-0.1, -0.05) is 15.9 Å². The molecule has 0 fully saturated rings. The smallest absolute Gasteiger partial charge is 0.190 e. The summed E-state index contributed by atoms with van der Waals surface area (Å²) in [5.74, 6) is -0.269. The first-order valence-corrected chi connectivity index (χ1v) is 4.92. The van der Waals surface area contributed by atoms with E-state index in [1.807, 2.05) is 18.2 Å². The van der Waals surface area contributed by atoms with E-state index < -0.39 is 6.61 Å². The average molecular weight is 254 g/mol. The SMILES string of the molecule is O=C(CO)c1c[nH]c2ccc(Br)cc12. The standard InChI is InChI=1S/C10H8BrNO2/c11-6-1-2-9-7(3-6)8(4-12-9)10(14)5-13/h1-4,12-13H,5H2. The molecule has 0 unspecified atom stereocenters. The number of hydrogen-bond donors (Lipinski definition) is 2. The van der Waals surface area contributed by atoms with Crippen LogP contribution in [0, 0.1) is 0 Å². The molecule has 0 atom stereocenters. The van der Waals surface area contributed by atoms with E-state index in [0.29, 0.717) is 5.56 Å². The molecule has 0 spiro atoms. The number of aromatic amines is 1. The molecule has 2 N–H and O–H groups in total. The summed E-state index contributed by atoms with van der Waals surface area (Å²) >= 11 is 3.33. The van der Waals surface area contributed by atoms with Gasteiger partial charge in [0.05, 0.1) is 0 Å².